The van der Waals surface area contributed by atoms with Crippen molar-refractivity contribution in [3.63, 3.8) is 0 Å². The van der Waals surface area contributed by atoms with Gasteiger partial charge in [0.25, 0.3) is 0 Å². The van der Waals surface area contributed by atoms with Crippen LogP contribution in [0.2, 0.25) is 5.02 Å². The molecule has 2 N–H and O–H groups in total. The van der Waals surface area contributed by atoms with Crippen molar-refractivity contribution in [2.45, 2.75) is 6.92 Å². The standard InChI is InChI=1S/C16H16ClNO3/c1-11-3-2-4-13(9-11)21-8-7-18-15-10-12(17)5-6-14(15)16(19)20/h2-6,9-10,18H,7-8H2,1H3,(H,19,20). The Morgan fingerprint density at radius 3 is 2.81 bits per heavy atom. The highest BCUT2D eigenvalue weighted by atomic mass is 35.5. The summed E-state index contributed by atoms with van der Waals surface area (Å²) < 4.78 is 5.60. The van der Waals surface area contributed by atoms with Gasteiger partial charge in [-0.15, -0.1) is 0 Å². The van der Waals surface area contributed by atoms with E-state index in [1.54, 1.807) is 12.1 Å². The minimum absolute atomic E-state index is 0.190. The van der Waals surface area contributed by atoms with Crippen molar-refractivity contribution in [2.75, 3.05) is 18.5 Å². The lowest BCUT2D eigenvalue weighted by atomic mass is 10.2. The quantitative estimate of drug-likeness (QED) is 0.796. The largest absolute Gasteiger partial charge is 0.492 e. The number of anilines is 1. The average Bonchev–Trinajstić information content (AvgIpc) is 2.43. The number of nitrogens with one attached hydrogen (secondary N) is 1. The first-order chi connectivity index (χ1) is 10.1. The molecule has 0 atom stereocenters. The van der Waals surface area contributed by atoms with Crippen LogP contribution in [0, 0.1) is 6.92 Å². The lowest BCUT2D eigenvalue weighted by Gasteiger charge is -2.11. The van der Waals surface area contributed by atoms with E-state index in [2.05, 4.69) is 5.32 Å². The number of aromatic carboxylic acids is 1. The molecule has 2 aromatic carbocycles. The Balaban J connectivity index is 1.91. The predicted molar refractivity (Wildman–Crippen MR) is 83.6 cm³/mol. The lowest BCUT2D eigenvalue weighted by Crippen LogP contribution is -2.14. The number of rotatable bonds is 6. The Morgan fingerprint density at radius 2 is 2.10 bits per heavy atom. The molecule has 0 unspecified atom stereocenters. The van der Waals surface area contributed by atoms with Crippen molar-refractivity contribution < 1.29 is 14.6 Å². The summed E-state index contributed by atoms with van der Waals surface area (Å²) in [6, 6.07) is 12.4. The Bertz CT molecular complexity index is 643. The number of aryl methyl sites for hydroxylation is 1. The van der Waals surface area contributed by atoms with E-state index in [-0.39, 0.29) is 5.56 Å². The smallest absolute Gasteiger partial charge is 0.337 e. The molecule has 2 aromatic rings. The Morgan fingerprint density at radius 1 is 1.29 bits per heavy atom. The van der Waals surface area contributed by atoms with Crippen LogP contribution >= 0.6 is 11.6 Å². The van der Waals surface area contributed by atoms with Crippen molar-refractivity contribution in [1.29, 1.82) is 0 Å². The third-order valence-corrected chi connectivity index (χ3v) is 3.12. The summed E-state index contributed by atoms with van der Waals surface area (Å²) in [6.45, 7) is 2.90. The number of hydrogen-bond acceptors (Lipinski definition) is 3. The number of carboxylic acid groups (broad SMARTS) is 1. The number of carbonyl (C=O) groups is 1. The highest BCUT2D eigenvalue weighted by Crippen LogP contribution is 2.21. The molecule has 21 heavy (non-hydrogen) atoms. The first kappa shape index (κ1) is 15.2. The van der Waals surface area contributed by atoms with Gasteiger partial charge in [0, 0.05) is 11.6 Å². The third-order valence-electron chi connectivity index (χ3n) is 2.89. The van der Waals surface area contributed by atoms with Crippen LogP contribution in [0.5, 0.6) is 5.75 Å². The molecule has 0 aromatic heterocycles. The summed E-state index contributed by atoms with van der Waals surface area (Å²) in [5, 5.41) is 12.6. The second-order valence-corrected chi connectivity index (χ2v) is 5.02. The summed E-state index contributed by atoms with van der Waals surface area (Å²) in [4.78, 5) is 11.1. The molecule has 4 nitrogen and oxygen atoms in total. The van der Waals surface area contributed by atoms with Gasteiger partial charge in [0.05, 0.1) is 11.3 Å². The summed E-state index contributed by atoms with van der Waals surface area (Å²) in [6.07, 6.45) is 0. The van der Waals surface area contributed by atoms with E-state index in [1.165, 1.54) is 6.07 Å². The molecule has 0 saturated heterocycles. The molecule has 110 valence electrons. The predicted octanol–water partition coefficient (Wildman–Crippen LogP) is 3.84. The molecule has 0 saturated carbocycles. The normalized spacial score (nSPS) is 10.2. The van der Waals surface area contributed by atoms with Crippen LogP contribution in [-0.4, -0.2) is 24.2 Å². The Labute approximate surface area is 128 Å². The molecular formula is C16H16ClNO3. The van der Waals surface area contributed by atoms with Crippen LogP contribution < -0.4 is 10.1 Å². The number of halogens is 1. The molecule has 0 amide bonds. The molecule has 5 heteroatoms. The van der Waals surface area contributed by atoms with Crippen molar-refractivity contribution in [3.8, 4) is 5.75 Å². The van der Waals surface area contributed by atoms with Crippen LogP contribution in [0.1, 0.15) is 15.9 Å². The summed E-state index contributed by atoms with van der Waals surface area (Å²) in [5.74, 6) is -0.199. The second-order valence-electron chi connectivity index (χ2n) is 4.59. The second kappa shape index (κ2) is 6.99. The van der Waals surface area contributed by atoms with Crippen molar-refractivity contribution in [1.82, 2.24) is 0 Å². The van der Waals surface area contributed by atoms with Gasteiger partial charge in [-0.25, -0.2) is 4.79 Å². The maximum Gasteiger partial charge on any atom is 0.337 e. The highest BCUT2D eigenvalue weighted by molar-refractivity contribution is 6.31. The molecule has 0 aliphatic carbocycles. The Kier molecular flexibility index (Phi) is 5.06. The average molecular weight is 306 g/mol. The van der Waals surface area contributed by atoms with Gasteiger partial charge in [0.1, 0.15) is 12.4 Å². The topological polar surface area (TPSA) is 58.6 Å². The van der Waals surface area contributed by atoms with Crippen LogP contribution in [0.15, 0.2) is 42.5 Å². The van der Waals surface area contributed by atoms with Gasteiger partial charge in [-0.3, -0.25) is 0 Å². The fraction of sp³-hybridized carbons (Fsp3) is 0.188. The first-order valence-corrected chi connectivity index (χ1v) is 6.90. The molecule has 0 bridgehead atoms. The zero-order valence-electron chi connectivity index (χ0n) is 11.6. The van der Waals surface area contributed by atoms with Crippen LogP contribution in [0.4, 0.5) is 5.69 Å². The van der Waals surface area contributed by atoms with E-state index in [1.807, 2.05) is 31.2 Å². The van der Waals surface area contributed by atoms with Gasteiger partial charge in [0.15, 0.2) is 0 Å². The van der Waals surface area contributed by atoms with E-state index in [9.17, 15) is 4.79 Å². The van der Waals surface area contributed by atoms with Crippen LogP contribution in [0.25, 0.3) is 0 Å². The van der Waals surface area contributed by atoms with Crippen molar-refractivity contribution in [2.24, 2.45) is 0 Å². The van der Waals surface area contributed by atoms with E-state index in [4.69, 9.17) is 21.4 Å². The number of benzene rings is 2. The van der Waals surface area contributed by atoms with Crippen LogP contribution in [0.3, 0.4) is 0 Å². The molecule has 0 aliphatic rings. The number of ether oxygens (including phenoxy) is 1. The zero-order chi connectivity index (χ0) is 15.2. The zero-order valence-corrected chi connectivity index (χ0v) is 12.4. The van der Waals surface area contributed by atoms with Gasteiger partial charge < -0.3 is 15.2 Å². The maximum atomic E-state index is 11.1. The Hall–Kier alpha value is -2.20. The first-order valence-electron chi connectivity index (χ1n) is 6.52. The van der Waals surface area contributed by atoms with E-state index >= 15 is 0 Å². The third kappa shape index (κ3) is 4.39. The summed E-state index contributed by atoms with van der Waals surface area (Å²) >= 11 is 5.88. The van der Waals surface area contributed by atoms with Gasteiger partial charge >= 0.3 is 5.97 Å². The molecule has 0 heterocycles. The highest BCUT2D eigenvalue weighted by Gasteiger charge is 2.09. The minimum Gasteiger partial charge on any atom is -0.492 e. The molecule has 0 fully saturated rings. The van der Waals surface area contributed by atoms with Gasteiger partial charge in [-0.1, -0.05) is 23.7 Å². The van der Waals surface area contributed by atoms with Crippen LogP contribution in [-0.2, 0) is 0 Å². The molecule has 0 aliphatic heterocycles. The summed E-state index contributed by atoms with van der Waals surface area (Å²) in [7, 11) is 0. The minimum atomic E-state index is -0.992. The monoisotopic (exact) mass is 305 g/mol. The SMILES string of the molecule is Cc1cccc(OCCNc2cc(Cl)ccc2C(=O)O)c1. The number of hydrogen-bond donors (Lipinski definition) is 2. The van der Waals surface area contributed by atoms with Gasteiger partial charge in [-0.05, 0) is 42.8 Å². The van der Waals surface area contributed by atoms with Gasteiger partial charge in [0.2, 0.25) is 0 Å². The van der Waals surface area contributed by atoms with E-state index < -0.39 is 5.97 Å². The van der Waals surface area contributed by atoms with E-state index in [0.29, 0.717) is 23.9 Å². The summed E-state index contributed by atoms with van der Waals surface area (Å²) in [5.41, 5.74) is 1.81. The lowest BCUT2D eigenvalue weighted by molar-refractivity contribution is 0.0698. The number of carboxylic acids is 1. The molecular weight excluding hydrogens is 290 g/mol. The van der Waals surface area contributed by atoms with Crippen molar-refractivity contribution >= 4 is 23.3 Å². The molecule has 0 spiro atoms. The van der Waals surface area contributed by atoms with Gasteiger partial charge in [-0.2, -0.15) is 0 Å². The molecule has 0 radical (unpaired) electrons. The van der Waals surface area contributed by atoms with Crippen molar-refractivity contribution in [3.05, 3.63) is 58.6 Å². The fourth-order valence-electron chi connectivity index (χ4n) is 1.91. The maximum absolute atomic E-state index is 11.1. The molecule has 2 rings (SSSR count). The fourth-order valence-corrected chi connectivity index (χ4v) is 2.08. The van der Waals surface area contributed by atoms with E-state index in [0.717, 1.165) is 11.3 Å².